The molecule has 2 nitrogen and oxygen atoms in total. The Morgan fingerprint density at radius 2 is 1.65 bits per heavy atom. The number of rotatable bonds is 8. The van der Waals surface area contributed by atoms with Crippen LogP contribution in [0, 0.1) is 58.2 Å². The lowest BCUT2D eigenvalue weighted by atomic mass is 9.44. The van der Waals surface area contributed by atoms with E-state index in [1.807, 2.05) is 6.92 Å². The lowest BCUT2D eigenvalue weighted by molar-refractivity contribution is -0.123. The first-order valence-corrected chi connectivity index (χ1v) is 15.0. The van der Waals surface area contributed by atoms with Crippen molar-refractivity contribution in [3.63, 3.8) is 0 Å². The van der Waals surface area contributed by atoms with Gasteiger partial charge in [0.15, 0.2) is 0 Å². The van der Waals surface area contributed by atoms with Gasteiger partial charge in [-0.15, -0.1) is 0 Å². The fourth-order valence-corrected chi connectivity index (χ4v) is 9.94. The summed E-state index contributed by atoms with van der Waals surface area (Å²) in [6.45, 7) is 19.2. The Morgan fingerprint density at radius 1 is 0.941 bits per heavy atom. The molecule has 4 aliphatic carbocycles. The van der Waals surface area contributed by atoms with Crippen LogP contribution < -0.4 is 5.32 Å². The van der Waals surface area contributed by atoms with Crippen LogP contribution in [0.1, 0.15) is 119 Å². The second kappa shape index (κ2) is 10.3. The van der Waals surface area contributed by atoms with E-state index in [0.717, 1.165) is 48.0 Å². The Morgan fingerprint density at radius 3 is 2.35 bits per heavy atom. The SMILES string of the molecule is C=C(C)C(=O)NC[C@H]1CC[C@@]2(C)[C@@H](CC[C@@H]3[C@@H]2CC[C@]2(C)[C@@H]([C@H](C)CCCC(C)C)CC[C@@H]32)C1. The summed E-state index contributed by atoms with van der Waals surface area (Å²) in [6.07, 6.45) is 17.2. The van der Waals surface area contributed by atoms with Gasteiger partial charge in [-0.1, -0.05) is 60.5 Å². The van der Waals surface area contributed by atoms with Crippen LogP contribution in [-0.2, 0) is 4.79 Å². The van der Waals surface area contributed by atoms with Gasteiger partial charge < -0.3 is 5.32 Å². The lowest BCUT2D eigenvalue weighted by Gasteiger charge is -2.61. The van der Waals surface area contributed by atoms with E-state index in [4.69, 9.17) is 0 Å². The Labute approximate surface area is 211 Å². The third kappa shape index (κ3) is 4.90. The number of carbonyl (C=O) groups is 1. The largest absolute Gasteiger partial charge is 0.352 e. The van der Waals surface area contributed by atoms with Gasteiger partial charge in [0, 0.05) is 12.1 Å². The number of hydrogen-bond donors (Lipinski definition) is 1. The predicted octanol–water partition coefficient (Wildman–Crippen LogP) is 8.42. The monoisotopic (exact) mass is 469 g/mol. The second-order valence-electron chi connectivity index (χ2n) is 14.3. The fourth-order valence-electron chi connectivity index (χ4n) is 9.94. The van der Waals surface area contributed by atoms with Crippen molar-refractivity contribution in [3.8, 4) is 0 Å². The highest BCUT2D eigenvalue weighted by atomic mass is 16.1. The summed E-state index contributed by atoms with van der Waals surface area (Å²) in [6, 6.07) is 0. The van der Waals surface area contributed by atoms with Crippen molar-refractivity contribution in [2.75, 3.05) is 6.54 Å². The highest BCUT2D eigenvalue weighted by Crippen LogP contribution is 2.68. The van der Waals surface area contributed by atoms with E-state index in [9.17, 15) is 4.79 Å². The van der Waals surface area contributed by atoms with E-state index in [-0.39, 0.29) is 5.91 Å². The number of hydrogen-bond acceptors (Lipinski definition) is 1. The van der Waals surface area contributed by atoms with Crippen molar-refractivity contribution in [2.45, 2.75) is 119 Å². The Bertz CT molecular complexity index is 741. The molecule has 4 fully saturated rings. The standard InChI is InChI=1S/C32H55NO/c1-21(2)9-8-10-23(5)27-13-14-28-26-12-11-25-19-24(20-33-30(34)22(3)4)15-17-31(25,6)29(26)16-18-32(27,28)7/h21,23-29H,3,8-20H2,1-2,4-7H3,(H,33,34)/t23-,24+,25+,26+,27-,28+,29+,31+,32-/m1/s1. The topological polar surface area (TPSA) is 29.1 Å². The maximum Gasteiger partial charge on any atom is 0.246 e. The Balaban J connectivity index is 1.38. The van der Waals surface area contributed by atoms with Crippen LogP contribution in [-0.4, -0.2) is 12.5 Å². The average molecular weight is 470 g/mol. The maximum absolute atomic E-state index is 12.0. The van der Waals surface area contributed by atoms with Crippen molar-refractivity contribution in [1.82, 2.24) is 5.32 Å². The normalized spacial score (nSPS) is 42.4. The van der Waals surface area contributed by atoms with Crippen molar-refractivity contribution in [3.05, 3.63) is 12.2 Å². The average Bonchev–Trinajstić information content (AvgIpc) is 3.14. The molecular weight excluding hydrogens is 414 g/mol. The molecule has 4 aliphatic rings. The van der Waals surface area contributed by atoms with Crippen LogP contribution in [0.5, 0.6) is 0 Å². The minimum absolute atomic E-state index is 0.0397. The second-order valence-corrected chi connectivity index (χ2v) is 14.3. The molecule has 9 atom stereocenters. The predicted molar refractivity (Wildman–Crippen MR) is 144 cm³/mol. The molecule has 1 amide bonds. The Hall–Kier alpha value is -0.790. The molecule has 0 heterocycles. The fraction of sp³-hybridized carbons (Fsp3) is 0.906. The summed E-state index contributed by atoms with van der Waals surface area (Å²) in [5.41, 5.74) is 1.78. The molecule has 0 saturated heterocycles. The van der Waals surface area contributed by atoms with E-state index >= 15 is 0 Å². The third-order valence-corrected chi connectivity index (χ3v) is 11.9. The van der Waals surface area contributed by atoms with Crippen LogP contribution in [0.4, 0.5) is 0 Å². The Kier molecular flexibility index (Phi) is 7.96. The van der Waals surface area contributed by atoms with Crippen molar-refractivity contribution in [2.24, 2.45) is 58.2 Å². The molecule has 0 aromatic rings. The molecule has 194 valence electrons. The van der Waals surface area contributed by atoms with E-state index in [1.54, 1.807) is 0 Å². The molecule has 0 unspecified atom stereocenters. The number of nitrogens with one attached hydrogen (secondary N) is 1. The smallest absolute Gasteiger partial charge is 0.246 e. The van der Waals surface area contributed by atoms with E-state index in [0.29, 0.717) is 22.3 Å². The molecule has 2 heteroatoms. The number of fused-ring (bicyclic) bond motifs is 5. The van der Waals surface area contributed by atoms with Gasteiger partial charge in [0.2, 0.25) is 5.91 Å². The van der Waals surface area contributed by atoms with Gasteiger partial charge in [0.05, 0.1) is 0 Å². The molecular formula is C32H55NO. The molecule has 0 aromatic heterocycles. The molecule has 0 spiro atoms. The van der Waals surface area contributed by atoms with Gasteiger partial charge in [-0.2, -0.15) is 0 Å². The highest BCUT2D eigenvalue weighted by molar-refractivity contribution is 5.92. The first-order valence-electron chi connectivity index (χ1n) is 15.0. The van der Waals surface area contributed by atoms with E-state index in [2.05, 4.69) is 46.5 Å². The summed E-state index contributed by atoms with van der Waals surface area (Å²) in [5, 5.41) is 3.15. The first kappa shape index (κ1) is 26.3. The quantitative estimate of drug-likeness (QED) is 0.355. The molecule has 0 aliphatic heterocycles. The molecule has 0 radical (unpaired) electrons. The lowest BCUT2D eigenvalue weighted by Crippen LogP contribution is -2.54. The first-order chi connectivity index (χ1) is 16.1. The molecule has 0 aromatic carbocycles. The maximum atomic E-state index is 12.0. The summed E-state index contributed by atoms with van der Waals surface area (Å²) in [4.78, 5) is 12.0. The van der Waals surface area contributed by atoms with Gasteiger partial charge in [0.1, 0.15) is 0 Å². The van der Waals surface area contributed by atoms with Gasteiger partial charge in [-0.05, 0) is 123 Å². The molecule has 4 saturated carbocycles. The highest BCUT2D eigenvalue weighted by Gasteiger charge is 2.60. The molecule has 4 rings (SSSR count). The van der Waals surface area contributed by atoms with Gasteiger partial charge in [-0.25, -0.2) is 0 Å². The van der Waals surface area contributed by atoms with Crippen molar-refractivity contribution >= 4 is 5.91 Å². The summed E-state index contributed by atoms with van der Waals surface area (Å²) >= 11 is 0. The minimum Gasteiger partial charge on any atom is -0.352 e. The minimum atomic E-state index is 0.0397. The molecule has 0 bridgehead atoms. The molecule has 34 heavy (non-hydrogen) atoms. The van der Waals surface area contributed by atoms with Crippen LogP contribution in [0.15, 0.2) is 12.2 Å². The molecule has 1 N–H and O–H groups in total. The zero-order chi connectivity index (χ0) is 24.7. The zero-order valence-electron chi connectivity index (χ0n) is 23.4. The number of amides is 1. The zero-order valence-corrected chi connectivity index (χ0v) is 23.4. The summed E-state index contributed by atoms with van der Waals surface area (Å²) in [7, 11) is 0. The van der Waals surface area contributed by atoms with Gasteiger partial charge in [-0.3, -0.25) is 4.79 Å². The van der Waals surface area contributed by atoms with Crippen LogP contribution in [0.3, 0.4) is 0 Å². The number of carbonyl (C=O) groups excluding carboxylic acids is 1. The van der Waals surface area contributed by atoms with E-state index < -0.39 is 0 Å². The van der Waals surface area contributed by atoms with Gasteiger partial charge >= 0.3 is 0 Å². The van der Waals surface area contributed by atoms with Crippen LogP contribution in [0.25, 0.3) is 0 Å². The van der Waals surface area contributed by atoms with Gasteiger partial charge in [0.25, 0.3) is 0 Å². The van der Waals surface area contributed by atoms with Crippen LogP contribution >= 0.6 is 0 Å². The summed E-state index contributed by atoms with van der Waals surface area (Å²) < 4.78 is 0. The van der Waals surface area contributed by atoms with Crippen molar-refractivity contribution in [1.29, 1.82) is 0 Å². The van der Waals surface area contributed by atoms with Crippen molar-refractivity contribution < 1.29 is 4.79 Å². The third-order valence-electron chi connectivity index (χ3n) is 11.9. The van der Waals surface area contributed by atoms with Crippen LogP contribution in [0.2, 0.25) is 0 Å². The summed E-state index contributed by atoms with van der Waals surface area (Å²) in [5.74, 6) is 7.19. The van der Waals surface area contributed by atoms with E-state index in [1.165, 1.54) is 77.0 Å².